The first-order valence-corrected chi connectivity index (χ1v) is 20.6. The van der Waals surface area contributed by atoms with Gasteiger partial charge in [-0.3, -0.25) is 19.7 Å². The molecule has 1 aromatic carbocycles. The molecule has 3 aliphatic rings. The topological polar surface area (TPSA) is 121 Å². The number of rotatable bonds is 12. The molecule has 1 aromatic heterocycles. The number of nitro benzene ring substituents is 1. The van der Waals surface area contributed by atoms with E-state index in [1.54, 1.807) is 30.5 Å². The summed E-state index contributed by atoms with van der Waals surface area (Å²) >= 11 is 0. The van der Waals surface area contributed by atoms with Gasteiger partial charge in [-0.25, -0.2) is 4.79 Å². The molecule has 0 radical (unpaired) electrons. The molecule has 2 aliphatic carbocycles. The van der Waals surface area contributed by atoms with E-state index in [-0.39, 0.29) is 35.3 Å². The van der Waals surface area contributed by atoms with E-state index in [1.807, 2.05) is 4.90 Å². The van der Waals surface area contributed by atoms with Gasteiger partial charge in [-0.2, -0.15) is 0 Å². The molecule has 1 saturated heterocycles. The van der Waals surface area contributed by atoms with Crippen LogP contribution in [0, 0.1) is 45.6 Å². The number of benzene rings is 1. The predicted octanol–water partition coefficient (Wildman–Crippen LogP) is 10.4. The minimum atomic E-state index is -4.26. The Morgan fingerprint density at radius 2 is 1.48 bits per heavy atom. The lowest BCUT2D eigenvalue weighted by Crippen LogP contribution is -2.37. The Kier molecular flexibility index (Phi) is 13.2. The number of hydrogen-bond acceptors (Lipinski definition) is 9. The number of nitrogens with zero attached hydrogens (tertiary/aromatic N) is 3. The van der Waals surface area contributed by atoms with Crippen LogP contribution in [0.2, 0.25) is 0 Å². The van der Waals surface area contributed by atoms with Gasteiger partial charge in [0.15, 0.2) is 0 Å². The molecule has 2 saturated carbocycles. The maximum Gasteiger partial charge on any atom is 0.376 e. The largest absolute Gasteiger partial charge is 0.441 e. The molecular formula is C39H58N3O7P. The summed E-state index contributed by atoms with van der Waals surface area (Å²) in [6.07, 6.45) is 12.0. The zero-order valence-corrected chi connectivity index (χ0v) is 31.8. The Balaban J connectivity index is 1.55. The fraction of sp³-hybridized carbons (Fsp3) is 0.692. The van der Waals surface area contributed by atoms with Crippen LogP contribution >= 0.6 is 7.60 Å². The molecule has 5 rings (SSSR count). The number of ether oxygens (including phenoxy) is 1. The molecule has 2 aromatic rings. The predicted molar refractivity (Wildman–Crippen MR) is 196 cm³/mol. The monoisotopic (exact) mass is 711 g/mol. The van der Waals surface area contributed by atoms with Crippen LogP contribution in [0.15, 0.2) is 42.7 Å². The highest BCUT2D eigenvalue weighted by atomic mass is 31.2. The standard InChI is InChI=1S/C39H58N3O7P/c1-26(2)32-16-13-28(5)22-36(32)48-50(46,49-37-23-29(6)14-17-33(37)27(3)4)39(31-12-11-19-40-25-31)47-38(43)30-15-18-34(35(24-30)42(44)45)41-20-9-7-8-10-21-41/h11-12,15,18-19,24-29,32-33,36-37,39H,7-10,13-14,16-17,20-23H2,1-6H3/t28-,29-,32-,33+,36-,37-,39+,50?/m1/s1. The summed E-state index contributed by atoms with van der Waals surface area (Å²) in [5.74, 6) is -0.575. The lowest BCUT2D eigenvalue weighted by Gasteiger charge is -2.43. The number of pyridine rings is 1. The van der Waals surface area contributed by atoms with Crippen molar-refractivity contribution in [1.82, 2.24) is 4.98 Å². The first-order chi connectivity index (χ1) is 23.9. The van der Waals surface area contributed by atoms with E-state index in [1.165, 1.54) is 12.3 Å². The lowest BCUT2D eigenvalue weighted by molar-refractivity contribution is -0.384. The average Bonchev–Trinajstić information content (AvgIpc) is 3.36. The molecule has 1 unspecified atom stereocenters. The van der Waals surface area contributed by atoms with E-state index in [2.05, 4.69) is 46.5 Å². The molecule has 0 spiro atoms. The number of carbonyl (C=O) groups excluding carboxylic acids is 1. The van der Waals surface area contributed by atoms with Crippen molar-refractivity contribution in [3.63, 3.8) is 0 Å². The van der Waals surface area contributed by atoms with Crippen LogP contribution in [0.5, 0.6) is 0 Å². The maximum absolute atomic E-state index is 15.8. The molecule has 0 bridgehead atoms. The van der Waals surface area contributed by atoms with Gasteiger partial charge in [0.05, 0.1) is 22.7 Å². The highest BCUT2D eigenvalue weighted by Gasteiger charge is 2.49. The van der Waals surface area contributed by atoms with Gasteiger partial charge in [-0.1, -0.05) is 73.3 Å². The molecule has 0 N–H and O–H groups in total. The number of esters is 1. The third-order valence-electron chi connectivity index (χ3n) is 11.3. The Morgan fingerprint density at radius 3 is 1.98 bits per heavy atom. The number of carbonyl (C=O) groups is 1. The van der Waals surface area contributed by atoms with E-state index < -0.39 is 24.3 Å². The molecule has 0 amide bonds. The second-order valence-corrected chi connectivity index (χ2v) is 17.9. The summed E-state index contributed by atoms with van der Waals surface area (Å²) in [7, 11) is -4.26. The van der Waals surface area contributed by atoms with Gasteiger partial charge in [-0.15, -0.1) is 0 Å². The van der Waals surface area contributed by atoms with Crippen LogP contribution in [0.4, 0.5) is 11.4 Å². The van der Waals surface area contributed by atoms with E-state index >= 15 is 4.57 Å². The van der Waals surface area contributed by atoms with Crippen molar-refractivity contribution >= 4 is 24.9 Å². The molecule has 11 heteroatoms. The first kappa shape index (κ1) is 38.4. The van der Waals surface area contributed by atoms with Crippen molar-refractivity contribution in [2.75, 3.05) is 18.0 Å². The van der Waals surface area contributed by atoms with Crippen molar-refractivity contribution in [3.8, 4) is 0 Å². The summed E-state index contributed by atoms with van der Waals surface area (Å²) in [6.45, 7) is 14.5. The smallest absolute Gasteiger partial charge is 0.376 e. The number of anilines is 1. The third kappa shape index (κ3) is 9.34. The van der Waals surface area contributed by atoms with Crippen LogP contribution < -0.4 is 4.90 Å². The third-order valence-corrected chi connectivity index (χ3v) is 13.4. The van der Waals surface area contributed by atoms with Crippen molar-refractivity contribution in [3.05, 3.63) is 64.0 Å². The number of hydrogen-bond donors (Lipinski definition) is 0. The van der Waals surface area contributed by atoms with Gasteiger partial charge in [0.2, 0.25) is 5.85 Å². The SMILES string of the molecule is CC(C)[C@H]1CC[C@@H](C)C[C@H]1OP(=O)(O[C@@H]1C[C@H](C)CC[C@H]1C(C)C)[C@H](OC(=O)c1ccc(N2CCCCCC2)c([N+](=O)[O-])c1)c1cccnc1. The minimum Gasteiger partial charge on any atom is -0.441 e. The van der Waals surface area contributed by atoms with Gasteiger partial charge >= 0.3 is 13.6 Å². The van der Waals surface area contributed by atoms with Gasteiger partial charge in [-0.05, 0) is 92.2 Å². The molecule has 10 nitrogen and oxygen atoms in total. The van der Waals surface area contributed by atoms with Crippen LogP contribution in [0.25, 0.3) is 0 Å². The molecule has 276 valence electrons. The number of nitro groups is 1. The molecule has 3 fully saturated rings. The summed E-state index contributed by atoms with van der Waals surface area (Å²) in [5.41, 5.74) is 0.747. The van der Waals surface area contributed by atoms with Crippen LogP contribution in [-0.2, 0) is 18.3 Å². The van der Waals surface area contributed by atoms with Crippen LogP contribution in [0.3, 0.4) is 0 Å². The Morgan fingerprint density at radius 1 is 0.900 bits per heavy atom. The molecular weight excluding hydrogens is 653 g/mol. The van der Waals surface area contributed by atoms with E-state index in [0.29, 0.717) is 34.9 Å². The number of aromatic nitrogens is 1. The van der Waals surface area contributed by atoms with Gasteiger partial charge in [0.25, 0.3) is 5.69 Å². The molecule has 1 aliphatic heterocycles. The molecule has 8 atom stereocenters. The Hall–Kier alpha value is -2.81. The van der Waals surface area contributed by atoms with Gasteiger partial charge in [0.1, 0.15) is 5.69 Å². The summed E-state index contributed by atoms with van der Waals surface area (Å²) in [5, 5.41) is 12.3. The Labute approximate surface area is 298 Å². The molecule has 50 heavy (non-hydrogen) atoms. The quantitative estimate of drug-likeness (QED) is 0.0916. The average molecular weight is 712 g/mol. The maximum atomic E-state index is 15.8. The lowest BCUT2D eigenvalue weighted by atomic mass is 9.75. The fourth-order valence-corrected chi connectivity index (χ4v) is 10.6. The van der Waals surface area contributed by atoms with E-state index in [9.17, 15) is 14.9 Å². The van der Waals surface area contributed by atoms with Crippen LogP contribution in [-0.4, -0.2) is 41.2 Å². The van der Waals surface area contributed by atoms with Gasteiger partial charge in [0, 0.05) is 37.1 Å². The Bertz CT molecular complexity index is 1440. The second-order valence-electron chi connectivity index (χ2n) is 15.9. The van der Waals surface area contributed by atoms with Crippen molar-refractivity contribution < 1.29 is 28.1 Å². The summed E-state index contributed by atoms with van der Waals surface area (Å²) in [4.78, 5) is 32.3. The normalized spacial score (nSPS) is 28.1. The minimum absolute atomic E-state index is 0.00778. The summed E-state index contributed by atoms with van der Waals surface area (Å²) < 4.78 is 35.7. The van der Waals surface area contributed by atoms with Crippen molar-refractivity contribution in [2.24, 2.45) is 35.5 Å². The van der Waals surface area contributed by atoms with Crippen molar-refractivity contribution in [1.29, 1.82) is 0 Å². The van der Waals surface area contributed by atoms with E-state index in [4.69, 9.17) is 13.8 Å². The first-order valence-electron chi connectivity index (χ1n) is 19.0. The molecule has 2 heterocycles. The highest BCUT2D eigenvalue weighted by Crippen LogP contribution is 2.66. The van der Waals surface area contributed by atoms with Crippen LogP contribution in [0.1, 0.15) is 128 Å². The summed E-state index contributed by atoms with van der Waals surface area (Å²) in [6, 6.07) is 7.92. The highest BCUT2D eigenvalue weighted by molar-refractivity contribution is 7.54. The second kappa shape index (κ2) is 17.1. The van der Waals surface area contributed by atoms with E-state index in [0.717, 1.165) is 77.3 Å². The van der Waals surface area contributed by atoms with Gasteiger partial charge < -0.3 is 18.7 Å². The zero-order chi connectivity index (χ0) is 36.0. The fourth-order valence-electron chi connectivity index (χ4n) is 8.37. The van der Waals surface area contributed by atoms with Crippen molar-refractivity contribution in [2.45, 2.75) is 124 Å². The zero-order valence-electron chi connectivity index (χ0n) is 30.9.